The third-order valence-electron chi connectivity index (χ3n) is 5.42. The van der Waals surface area contributed by atoms with E-state index in [0.717, 1.165) is 17.0 Å². The van der Waals surface area contributed by atoms with E-state index in [1.54, 1.807) is 0 Å². The Hall–Kier alpha value is -2.68. The molecule has 1 fully saturated rings. The van der Waals surface area contributed by atoms with E-state index in [1.807, 2.05) is 66.4 Å². The highest BCUT2D eigenvalue weighted by Gasteiger charge is 2.32. The minimum atomic E-state index is -3.01. The van der Waals surface area contributed by atoms with Gasteiger partial charge in [-0.1, -0.05) is 24.3 Å². The van der Waals surface area contributed by atoms with Gasteiger partial charge in [0.25, 0.3) is 0 Å². The van der Waals surface area contributed by atoms with Gasteiger partial charge in [-0.25, -0.2) is 13.4 Å². The molecule has 0 amide bonds. The topological polar surface area (TPSA) is 92.9 Å². The fraction of sp³-hybridized carbons (Fsp3) is 0.348. The molecule has 164 valence electrons. The molecule has 31 heavy (non-hydrogen) atoms. The van der Waals surface area contributed by atoms with Crippen molar-refractivity contribution in [3.8, 4) is 23.0 Å². The van der Waals surface area contributed by atoms with Crippen LogP contribution in [0.3, 0.4) is 0 Å². The number of aromatic nitrogens is 1. The summed E-state index contributed by atoms with van der Waals surface area (Å²) in [7, 11) is -3.01. The summed E-state index contributed by atoms with van der Waals surface area (Å²) in [5, 5.41) is 9.46. The van der Waals surface area contributed by atoms with Gasteiger partial charge in [-0.05, 0) is 43.7 Å². The Morgan fingerprint density at radius 2 is 1.94 bits per heavy atom. The number of hydrogen-bond donors (Lipinski definition) is 1. The third-order valence-corrected chi connectivity index (χ3v) is 7.17. The number of ether oxygens (including phenoxy) is 1. The summed E-state index contributed by atoms with van der Waals surface area (Å²) in [6.45, 7) is 2.62. The van der Waals surface area contributed by atoms with E-state index >= 15 is 0 Å². The summed E-state index contributed by atoms with van der Waals surface area (Å²) in [5.41, 5.74) is 1.53. The molecule has 7 nitrogen and oxygen atoms in total. The average Bonchev–Trinajstić information content (AvgIpc) is 3.30. The number of rotatable bonds is 8. The van der Waals surface area contributed by atoms with Crippen LogP contribution in [0.2, 0.25) is 0 Å². The first-order valence-electron chi connectivity index (χ1n) is 10.3. The van der Waals surface area contributed by atoms with Gasteiger partial charge in [0.05, 0.1) is 23.8 Å². The lowest BCUT2D eigenvalue weighted by Gasteiger charge is -2.26. The highest BCUT2D eigenvalue weighted by molar-refractivity contribution is 7.91. The molecule has 0 aliphatic carbocycles. The molecule has 2 aromatic carbocycles. The smallest absolute Gasteiger partial charge is 0.226 e. The Labute approximate surface area is 182 Å². The van der Waals surface area contributed by atoms with E-state index in [2.05, 4.69) is 4.98 Å². The second kappa shape index (κ2) is 9.21. The van der Waals surface area contributed by atoms with Crippen LogP contribution in [0.5, 0.6) is 11.5 Å². The first kappa shape index (κ1) is 21.5. The van der Waals surface area contributed by atoms with Crippen LogP contribution >= 0.6 is 0 Å². The van der Waals surface area contributed by atoms with Crippen LogP contribution in [0.15, 0.2) is 59.0 Å². The number of oxazole rings is 1. The van der Waals surface area contributed by atoms with Crippen LogP contribution in [0, 0.1) is 6.92 Å². The molecule has 0 bridgehead atoms. The number of hydrogen-bond acceptors (Lipinski definition) is 7. The second-order valence-corrected chi connectivity index (χ2v) is 9.94. The highest BCUT2D eigenvalue weighted by atomic mass is 32.2. The molecule has 1 N–H and O–H groups in total. The van der Waals surface area contributed by atoms with E-state index in [1.165, 1.54) is 0 Å². The Kier molecular flexibility index (Phi) is 6.41. The third kappa shape index (κ3) is 5.33. The van der Waals surface area contributed by atoms with Gasteiger partial charge in [-0.3, -0.25) is 4.90 Å². The minimum Gasteiger partial charge on any atom is -0.457 e. The number of sulfone groups is 1. The Bertz CT molecular complexity index is 1130. The Balaban J connectivity index is 1.52. The van der Waals surface area contributed by atoms with E-state index in [0.29, 0.717) is 36.9 Å². The van der Waals surface area contributed by atoms with Crippen molar-refractivity contribution in [1.82, 2.24) is 9.88 Å². The largest absolute Gasteiger partial charge is 0.457 e. The summed E-state index contributed by atoms with van der Waals surface area (Å²) >= 11 is 0. The fourth-order valence-corrected chi connectivity index (χ4v) is 5.55. The van der Waals surface area contributed by atoms with E-state index in [9.17, 15) is 13.5 Å². The summed E-state index contributed by atoms with van der Waals surface area (Å²) in [5.74, 6) is 2.89. The van der Waals surface area contributed by atoms with Crippen LogP contribution in [0.4, 0.5) is 0 Å². The zero-order valence-electron chi connectivity index (χ0n) is 17.4. The summed E-state index contributed by atoms with van der Waals surface area (Å²) in [6, 6.07) is 17.0. The van der Waals surface area contributed by atoms with Gasteiger partial charge in [0.1, 0.15) is 17.3 Å². The van der Waals surface area contributed by atoms with Crippen molar-refractivity contribution in [2.45, 2.75) is 25.9 Å². The molecule has 0 radical (unpaired) electrons. The Morgan fingerprint density at radius 3 is 2.65 bits per heavy atom. The van der Waals surface area contributed by atoms with Gasteiger partial charge < -0.3 is 14.3 Å². The van der Waals surface area contributed by atoms with E-state index in [4.69, 9.17) is 9.15 Å². The summed E-state index contributed by atoms with van der Waals surface area (Å²) < 4.78 is 35.6. The normalized spacial score (nSPS) is 17.8. The van der Waals surface area contributed by atoms with Gasteiger partial charge in [-0.15, -0.1) is 0 Å². The molecule has 1 aromatic heterocycles. The van der Waals surface area contributed by atoms with Crippen LogP contribution in [-0.4, -0.2) is 54.1 Å². The number of aryl methyl sites for hydroxylation is 1. The number of aliphatic hydroxyl groups is 1. The van der Waals surface area contributed by atoms with Crippen molar-refractivity contribution in [1.29, 1.82) is 0 Å². The Morgan fingerprint density at radius 1 is 1.16 bits per heavy atom. The van der Waals surface area contributed by atoms with Crippen molar-refractivity contribution in [3.63, 3.8) is 0 Å². The summed E-state index contributed by atoms with van der Waals surface area (Å²) in [4.78, 5) is 6.64. The molecule has 1 saturated heterocycles. The van der Waals surface area contributed by atoms with Gasteiger partial charge in [0, 0.05) is 24.7 Å². The molecular weight excluding hydrogens is 416 g/mol. The predicted molar refractivity (Wildman–Crippen MR) is 118 cm³/mol. The molecular formula is C23H26N2O5S. The standard InChI is InChI=1S/C23H26N2O5S/c1-17-22(15-25(11-12-26)19-10-13-31(27,28)16-19)24-23(29-17)18-6-5-9-21(14-18)30-20-7-3-2-4-8-20/h2-9,14,19,26H,10-13,15-16H2,1H3. The number of aliphatic hydroxyl groups excluding tert-OH is 1. The minimum absolute atomic E-state index is 0.0425. The van der Waals surface area contributed by atoms with Gasteiger partial charge in [0.15, 0.2) is 9.84 Å². The molecule has 0 spiro atoms. The van der Waals surface area contributed by atoms with Crippen LogP contribution in [0.25, 0.3) is 11.5 Å². The van der Waals surface area contributed by atoms with Crippen molar-refractivity contribution < 1.29 is 22.7 Å². The van der Waals surface area contributed by atoms with Crippen LogP contribution in [-0.2, 0) is 16.4 Å². The van der Waals surface area contributed by atoms with E-state index in [-0.39, 0.29) is 24.2 Å². The van der Waals surface area contributed by atoms with Crippen molar-refractivity contribution in [2.75, 3.05) is 24.7 Å². The molecule has 1 aliphatic rings. The fourth-order valence-electron chi connectivity index (χ4n) is 3.79. The first-order valence-corrected chi connectivity index (χ1v) is 12.1. The number of nitrogens with zero attached hydrogens (tertiary/aromatic N) is 2. The monoisotopic (exact) mass is 442 g/mol. The van der Waals surface area contributed by atoms with Gasteiger partial charge in [0.2, 0.25) is 5.89 Å². The zero-order chi connectivity index (χ0) is 21.8. The van der Waals surface area contributed by atoms with Crippen molar-refractivity contribution >= 4 is 9.84 Å². The quantitative estimate of drug-likeness (QED) is 0.571. The van der Waals surface area contributed by atoms with Gasteiger partial charge >= 0.3 is 0 Å². The highest BCUT2D eigenvalue weighted by Crippen LogP contribution is 2.29. The SMILES string of the molecule is Cc1oc(-c2cccc(Oc3ccccc3)c2)nc1CN(CCO)C1CCS(=O)(=O)C1. The predicted octanol–water partition coefficient (Wildman–Crippen LogP) is 3.42. The van der Waals surface area contributed by atoms with Gasteiger partial charge in [-0.2, -0.15) is 0 Å². The van der Waals surface area contributed by atoms with Crippen molar-refractivity contribution in [3.05, 3.63) is 66.1 Å². The van der Waals surface area contributed by atoms with Crippen LogP contribution < -0.4 is 4.74 Å². The molecule has 4 rings (SSSR count). The molecule has 8 heteroatoms. The number of benzene rings is 2. The molecule has 3 aromatic rings. The average molecular weight is 443 g/mol. The molecule has 0 saturated carbocycles. The number of para-hydroxylation sites is 1. The van der Waals surface area contributed by atoms with E-state index < -0.39 is 9.84 Å². The van der Waals surface area contributed by atoms with Crippen molar-refractivity contribution in [2.24, 2.45) is 0 Å². The lowest BCUT2D eigenvalue weighted by molar-refractivity contribution is 0.152. The molecule has 1 atom stereocenters. The maximum Gasteiger partial charge on any atom is 0.226 e. The lowest BCUT2D eigenvalue weighted by Crippen LogP contribution is -2.38. The molecule has 1 aliphatic heterocycles. The maximum absolute atomic E-state index is 11.9. The zero-order valence-corrected chi connectivity index (χ0v) is 18.2. The lowest BCUT2D eigenvalue weighted by atomic mass is 10.2. The molecule has 1 unspecified atom stereocenters. The maximum atomic E-state index is 11.9. The summed E-state index contributed by atoms with van der Waals surface area (Å²) in [6.07, 6.45) is 0.574. The van der Waals surface area contributed by atoms with Crippen LogP contribution in [0.1, 0.15) is 17.9 Å². The first-order chi connectivity index (χ1) is 14.9. The molecule has 2 heterocycles. The second-order valence-electron chi connectivity index (χ2n) is 7.72.